The Kier molecular flexibility index (Phi) is 11.2. The number of hydrogen-bond donors (Lipinski definition) is 0. The summed E-state index contributed by atoms with van der Waals surface area (Å²) >= 11 is 0. The maximum Gasteiger partial charge on any atom is 0.203 e. The SMILES string of the molecule is COc1cc(/C=N/[S@@](=O)C(C)(C)C)c(-c2c(/C=N/[S@@](=O)C(C)(C)C)cc(OC)c(OC)c2OC)c(OC)c1OC. The molecule has 2 aromatic carbocycles. The van der Waals surface area contributed by atoms with Gasteiger partial charge < -0.3 is 28.4 Å². The first kappa shape index (κ1) is 33.1. The van der Waals surface area contributed by atoms with Gasteiger partial charge in [-0.3, -0.25) is 0 Å². The number of methoxy groups -OCH3 is 6. The van der Waals surface area contributed by atoms with Crippen LogP contribution in [0.5, 0.6) is 34.5 Å². The Morgan fingerprint density at radius 2 is 0.850 bits per heavy atom. The molecule has 12 heteroatoms. The minimum absolute atomic E-state index is 0.293. The van der Waals surface area contributed by atoms with E-state index in [0.29, 0.717) is 56.8 Å². The molecule has 0 aliphatic rings. The average Bonchev–Trinajstić information content (AvgIpc) is 2.91. The molecule has 0 bridgehead atoms. The lowest BCUT2D eigenvalue weighted by atomic mass is 9.92. The highest BCUT2D eigenvalue weighted by atomic mass is 32.2. The Morgan fingerprint density at radius 3 is 1.07 bits per heavy atom. The molecular formula is C28H40N2O8S2. The summed E-state index contributed by atoms with van der Waals surface area (Å²) in [7, 11) is 5.86. The van der Waals surface area contributed by atoms with Crippen molar-refractivity contribution >= 4 is 34.4 Å². The highest BCUT2D eigenvalue weighted by Gasteiger charge is 2.30. The lowest BCUT2D eigenvalue weighted by Crippen LogP contribution is -2.20. The molecule has 0 fully saturated rings. The van der Waals surface area contributed by atoms with E-state index in [1.54, 1.807) is 12.1 Å². The molecule has 0 unspecified atom stereocenters. The second-order valence-corrected chi connectivity index (χ2v) is 14.3. The molecule has 2 atom stereocenters. The van der Waals surface area contributed by atoms with Crippen LogP contribution in [0.4, 0.5) is 0 Å². The molecule has 0 aliphatic carbocycles. The highest BCUT2D eigenvalue weighted by Crippen LogP contribution is 2.53. The summed E-state index contributed by atoms with van der Waals surface area (Å²) in [5.41, 5.74) is 1.92. The van der Waals surface area contributed by atoms with Crippen molar-refractivity contribution < 1.29 is 36.8 Å². The highest BCUT2D eigenvalue weighted by molar-refractivity contribution is 7.85. The summed E-state index contributed by atoms with van der Waals surface area (Å²) < 4.78 is 67.5. The van der Waals surface area contributed by atoms with Crippen LogP contribution in [0.15, 0.2) is 20.9 Å². The Bertz CT molecular complexity index is 1220. The Labute approximate surface area is 242 Å². The Morgan fingerprint density at radius 1 is 0.550 bits per heavy atom. The Hall–Kier alpha value is -3.12. The van der Waals surface area contributed by atoms with Gasteiger partial charge in [0.2, 0.25) is 11.5 Å². The van der Waals surface area contributed by atoms with Crippen LogP contribution in [0.1, 0.15) is 52.7 Å². The van der Waals surface area contributed by atoms with Crippen LogP contribution in [0.2, 0.25) is 0 Å². The summed E-state index contributed by atoms with van der Waals surface area (Å²) in [6.45, 7) is 11.0. The molecule has 0 saturated carbocycles. The smallest absolute Gasteiger partial charge is 0.203 e. The zero-order valence-electron chi connectivity index (χ0n) is 25.3. The summed E-state index contributed by atoms with van der Waals surface area (Å²) in [5, 5.41) is 0. The molecule has 2 aromatic rings. The van der Waals surface area contributed by atoms with Crippen LogP contribution in [-0.4, -0.2) is 73.0 Å². The van der Waals surface area contributed by atoms with Gasteiger partial charge in [0.1, 0.15) is 22.0 Å². The van der Waals surface area contributed by atoms with Crippen LogP contribution in [0, 0.1) is 0 Å². The van der Waals surface area contributed by atoms with Crippen LogP contribution in [-0.2, 0) is 22.0 Å². The maximum atomic E-state index is 12.9. The topological polar surface area (TPSA) is 114 Å². The van der Waals surface area contributed by atoms with Gasteiger partial charge in [-0.05, 0) is 53.7 Å². The fourth-order valence-corrected chi connectivity index (χ4v) is 4.65. The number of ether oxygens (including phenoxy) is 6. The molecule has 0 N–H and O–H groups in total. The van der Waals surface area contributed by atoms with Crippen molar-refractivity contribution in [3.05, 3.63) is 23.3 Å². The van der Waals surface area contributed by atoms with Gasteiger partial charge in [0.05, 0.1) is 52.2 Å². The monoisotopic (exact) mass is 596 g/mol. The minimum Gasteiger partial charge on any atom is -0.493 e. The van der Waals surface area contributed by atoms with Crippen molar-refractivity contribution in [2.24, 2.45) is 8.80 Å². The predicted octanol–water partition coefficient (Wildman–Crippen LogP) is 5.17. The van der Waals surface area contributed by atoms with E-state index < -0.39 is 31.5 Å². The molecule has 0 aliphatic heterocycles. The Balaban J connectivity index is 3.18. The third-order valence-corrected chi connectivity index (χ3v) is 8.28. The molecule has 0 aromatic heterocycles. The molecule has 222 valence electrons. The standard InChI is InChI=1S/C28H40N2O8S2/c1-27(2,3)39(31)29-15-17-13-19(33-7)23(35-9)25(37-11)21(17)22-18(16-30-40(32)28(4,5)6)14-20(34-8)24(36-10)26(22)38-12/h13-16H,1-12H3/b29-15+,30-16+/t39-,40-/m0/s1. The van der Waals surface area contributed by atoms with Gasteiger partial charge in [0.15, 0.2) is 23.0 Å². The van der Waals surface area contributed by atoms with Crippen LogP contribution in [0.25, 0.3) is 11.1 Å². The van der Waals surface area contributed by atoms with E-state index in [9.17, 15) is 8.42 Å². The zero-order chi connectivity index (χ0) is 30.4. The van der Waals surface area contributed by atoms with Gasteiger partial charge in [-0.2, -0.15) is 8.80 Å². The lowest BCUT2D eigenvalue weighted by molar-refractivity contribution is 0.322. The van der Waals surface area contributed by atoms with Gasteiger partial charge in [-0.25, -0.2) is 8.42 Å². The van der Waals surface area contributed by atoms with Crippen molar-refractivity contribution in [3.63, 3.8) is 0 Å². The predicted molar refractivity (Wildman–Crippen MR) is 162 cm³/mol. The van der Waals surface area contributed by atoms with Gasteiger partial charge in [0.25, 0.3) is 0 Å². The van der Waals surface area contributed by atoms with E-state index in [1.807, 2.05) is 41.5 Å². The van der Waals surface area contributed by atoms with Crippen molar-refractivity contribution in [2.45, 2.75) is 51.0 Å². The van der Waals surface area contributed by atoms with Gasteiger partial charge >= 0.3 is 0 Å². The van der Waals surface area contributed by atoms with Crippen LogP contribution >= 0.6 is 0 Å². The zero-order valence-corrected chi connectivity index (χ0v) is 26.9. The summed E-state index contributed by atoms with van der Waals surface area (Å²) in [5.74, 6) is 1.95. The van der Waals surface area contributed by atoms with Crippen LogP contribution < -0.4 is 28.4 Å². The average molecular weight is 597 g/mol. The molecule has 0 saturated heterocycles. The molecular weight excluding hydrogens is 556 g/mol. The van der Waals surface area contributed by atoms with E-state index in [2.05, 4.69) is 8.80 Å². The summed E-state index contributed by atoms with van der Waals surface area (Å²) in [4.78, 5) is 0. The van der Waals surface area contributed by atoms with E-state index in [1.165, 1.54) is 55.1 Å². The number of rotatable bonds is 11. The van der Waals surface area contributed by atoms with E-state index in [0.717, 1.165) is 0 Å². The lowest BCUT2D eigenvalue weighted by Gasteiger charge is -2.23. The molecule has 0 radical (unpaired) electrons. The fourth-order valence-electron chi connectivity index (χ4n) is 3.60. The number of hydrogen-bond acceptors (Lipinski definition) is 8. The molecule has 2 rings (SSSR count). The third-order valence-electron chi connectivity index (χ3n) is 5.59. The first-order valence-electron chi connectivity index (χ1n) is 12.3. The van der Waals surface area contributed by atoms with Gasteiger partial charge in [-0.15, -0.1) is 0 Å². The molecule has 0 spiro atoms. The first-order chi connectivity index (χ1) is 18.7. The van der Waals surface area contributed by atoms with Crippen molar-refractivity contribution in [1.29, 1.82) is 0 Å². The molecule has 0 amide bonds. The number of nitrogens with zero attached hydrogens (tertiary/aromatic N) is 2. The summed E-state index contributed by atoms with van der Waals surface area (Å²) in [6, 6.07) is 3.40. The second-order valence-electron chi connectivity index (χ2n) is 10.4. The normalized spacial score (nSPS) is 13.8. The van der Waals surface area contributed by atoms with E-state index in [4.69, 9.17) is 28.4 Å². The maximum absolute atomic E-state index is 12.9. The number of benzene rings is 2. The van der Waals surface area contributed by atoms with E-state index >= 15 is 0 Å². The quantitative estimate of drug-likeness (QED) is 0.327. The van der Waals surface area contributed by atoms with Crippen molar-refractivity contribution in [2.75, 3.05) is 42.7 Å². The largest absolute Gasteiger partial charge is 0.493 e. The van der Waals surface area contributed by atoms with Crippen molar-refractivity contribution in [1.82, 2.24) is 0 Å². The fraction of sp³-hybridized carbons (Fsp3) is 0.500. The van der Waals surface area contributed by atoms with Crippen molar-refractivity contribution in [3.8, 4) is 45.6 Å². The molecule has 40 heavy (non-hydrogen) atoms. The second kappa shape index (κ2) is 13.5. The van der Waals surface area contributed by atoms with Gasteiger partial charge in [0, 0.05) is 34.7 Å². The first-order valence-corrected chi connectivity index (χ1v) is 14.5. The summed E-state index contributed by atoms with van der Waals surface area (Å²) in [6.07, 6.45) is 2.98. The molecule has 10 nitrogen and oxygen atoms in total. The van der Waals surface area contributed by atoms with E-state index in [-0.39, 0.29) is 0 Å². The van der Waals surface area contributed by atoms with Gasteiger partial charge in [-0.1, -0.05) is 0 Å². The third kappa shape index (κ3) is 7.14. The molecule has 0 heterocycles. The minimum atomic E-state index is -1.56. The van der Waals surface area contributed by atoms with Crippen LogP contribution in [0.3, 0.4) is 0 Å².